The molecule has 7 heteroatoms. The standard InChI is InChI=1S/C14H13N3O3S/c18-11-7-3-5-9-12(11)13(16-14(21)15-9)8-4-1-2-6-10(8)17(19)20/h1-2,4,6,13H,3,5,7H2,(H2,15,16,21)/t13-/m1/s1. The lowest BCUT2D eigenvalue weighted by molar-refractivity contribution is -0.385. The third-order valence-electron chi connectivity index (χ3n) is 3.73. The monoisotopic (exact) mass is 303 g/mol. The number of hydrogen-bond acceptors (Lipinski definition) is 4. The molecule has 3 rings (SSSR count). The van der Waals surface area contributed by atoms with Crippen LogP contribution in [0.2, 0.25) is 0 Å². The zero-order chi connectivity index (χ0) is 15.0. The lowest BCUT2D eigenvalue weighted by Crippen LogP contribution is -2.46. The van der Waals surface area contributed by atoms with Crippen molar-refractivity contribution in [2.75, 3.05) is 0 Å². The van der Waals surface area contributed by atoms with Gasteiger partial charge in [0.15, 0.2) is 10.9 Å². The highest BCUT2D eigenvalue weighted by molar-refractivity contribution is 7.80. The van der Waals surface area contributed by atoms with Crippen LogP contribution in [0.4, 0.5) is 5.69 Å². The van der Waals surface area contributed by atoms with E-state index in [1.165, 1.54) is 6.07 Å². The summed E-state index contributed by atoms with van der Waals surface area (Å²) in [7, 11) is 0. The van der Waals surface area contributed by atoms with Crippen molar-refractivity contribution in [2.45, 2.75) is 25.3 Å². The molecule has 1 heterocycles. The first-order valence-corrected chi connectivity index (χ1v) is 7.06. The summed E-state index contributed by atoms with van der Waals surface area (Å²) in [4.78, 5) is 23.0. The van der Waals surface area contributed by atoms with Crippen molar-refractivity contribution in [1.82, 2.24) is 10.6 Å². The maximum Gasteiger partial charge on any atom is 0.275 e. The fourth-order valence-electron chi connectivity index (χ4n) is 2.84. The Bertz CT molecular complexity index is 684. The fourth-order valence-corrected chi connectivity index (χ4v) is 3.08. The number of thiocarbonyl (C=S) groups is 1. The van der Waals surface area contributed by atoms with Crippen molar-refractivity contribution in [3.63, 3.8) is 0 Å². The van der Waals surface area contributed by atoms with Crippen LogP contribution >= 0.6 is 12.2 Å². The van der Waals surface area contributed by atoms with Crippen LogP contribution in [0, 0.1) is 10.1 Å². The summed E-state index contributed by atoms with van der Waals surface area (Å²) in [6.45, 7) is 0. The number of nitro benzene ring substituents is 1. The Morgan fingerprint density at radius 1 is 1.29 bits per heavy atom. The van der Waals surface area contributed by atoms with E-state index in [1.807, 2.05) is 0 Å². The molecule has 1 atom stereocenters. The SMILES string of the molecule is O=C1CCCC2=C1[C@@H](c1ccccc1[N+](=O)[O-])NC(=S)N2. The van der Waals surface area contributed by atoms with E-state index in [0.717, 1.165) is 18.5 Å². The largest absolute Gasteiger partial charge is 0.351 e. The van der Waals surface area contributed by atoms with Crippen LogP contribution in [0.15, 0.2) is 35.5 Å². The highest BCUT2D eigenvalue weighted by Gasteiger charge is 2.36. The summed E-state index contributed by atoms with van der Waals surface area (Å²) < 4.78 is 0. The molecule has 0 spiro atoms. The van der Waals surface area contributed by atoms with Gasteiger partial charge in [-0.25, -0.2) is 0 Å². The Morgan fingerprint density at radius 3 is 2.81 bits per heavy atom. The predicted molar refractivity (Wildman–Crippen MR) is 80.6 cm³/mol. The average Bonchev–Trinajstić information content (AvgIpc) is 2.46. The average molecular weight is 303 g/mol. The molecule has 2 N–H and O–H groups in total. The molecule has 1 aliphatic carbocycles. The minimum absolute atomic E-state index is 0.00933. The quantitative estimate of drug-likeness (QED) is 0.494. The predicted octanol–water partition coefficient (Wildman–Crippen LogP) is 2.12. The maximum absolute atomic E-state index is 12.2. The molecule has 2 aliphatic rings. The molecule has 0 fully saturated rings. The van der Waals surface area contributed by atoms with Crippen LogP contribution in [-0.2, 0) is 4.79 Å². The van der Waals surface area contributed by atoms with E-state index < -0.39 is 11.0 Å². The molecule has 21 heavy (non-hydrogen) atoms. The highest BCUT2D eigenvalue weighted by atomic mass is 32.1. The molecule has 1 aliphatic heterocycles. The van der Waals surface area contributed by atoms with E-state index in [1.54, 1.807) is 18.2 Å². The number of Topliss-reactive ketones (excluding diaryl/α,β-unsaturated/α-hetero) is 1. The number of carbonyl (C=O) groups is 1. The number of hydrogen-bond donors (Lipinski definition) is 2. The van der Waals surface area contributed by atoms with Gasteiger partial charge in [-0.3, -0.25) is 14.9 Å². The Kier molecular flexibility index (Phi) is 3.42. The zero-order valence-electron chi connectivity index (χ0n) is 11.1. The number of carbonyl (C=O) groups excluding carboxylic acids is 1. The fraction of sp³-hybridized carbons (Fsp3) is 0.286. The third-order valence-corrected chi connectivity index (χ3v) is 3.95. The van der Waals surface area contributed by atoms with Gasteiger partial charge in [-0.1, -0.05) is 12.1 Å². The van der Waals surface area contributed by atoms with Gasteiger partial charge in [0.05, 0.1) is 16.5 Å². The van der Waals surface area contributed by atoms with Crippen molar-refractivity contribution in [3.8, 4) is 0 Å². The normalized spacial score (nSPS) is 21.4. The summed E-state index contributed by atoms with van der Waals surface area (Å²) in [5.74, 6) is 0.0156. The van der Waals surface area contributed by atoms with Crippen LogP contribution in [0.5, 0.6) is 0 Å². The van der Waals surface area contributed by atoms with Gasteiger partial charge in [0.2, 0.25) is 0 Å². The Labute approximate surface area is 126 Å². The minimum atomic E-state index is -0.553. The second-order valence-corrected chi connectivity index (χ2v) is 5.42. The lowest BCUT2D eigenvalue weighted by Gasteiger charge is -2.33. The van der Waals surface area contributed by atoms with Crippen molar-refractivity contribution < 1.29 is 9.72 Å². The first kappa shape index (κ1) is 13.7. The molecular formula is C14H13N3O3S. The van der Waals surface area contributed by atoms with Gasteiger partial charge in [0.1, 0.15) is 0 Å². The van der Waals surface area contributed by atoms with Crippen LogP contribution in [0.1, 0.15) is 30.9 Å². The molecule has 0 unspecified atom stereocenters. The molecule has 0 amide bonds. The van der Waals surface area contributed by atoms with E-state index in [9.17, 15) is 14.9 Å². The first-order valence-electron chi connectivity index (χ1n) is 6.65. The lowest BCUT2D eigenvalue weighted by atomic mass is 9.85. The molecule has 1 aromatic carbocycles. The van der Waals surface area contributed by atoms with E-state index >= 15 is 0 Å². The number of nitrogens with zero attached hydrogens (tertiary/aromatic N) is 1. The topological polar surface area (TPSA) is 84.3 Å². The second-order valence-electron chi connectivity index (χ2n) is 5.02. The Morgan fingerprint density at radius 2 is 2.05 bits per heavy atom. The van der Waals surface area contributed by atoms with Gasteiger partial charge in [-0.05, 0) is 31.1 Å². The number of benzene rings is 1. The smallest absolute Gasteiger partial charge is 0.275 e. The summed E-state index contributed by atoms with van der Waals surface area (Å²) in [6, 6.07) is 5.89. The van der Waals surface area contributed by atoms with E-state index in [0.29, 0.717) is 22.7 Å². The Hall–Kier alpha value is -2.28. The first-order chi connectivity index (χ1) is 10.1. The van der Waals surface area contributed by atoms with Gasteiger partial charge < -0.3 is 10.6 Å². The minimum Gasteiger partial charge on any atom is -0.351 e. The molecule has 0 saturated heterocycles. The van der Waals surface area contributed by atoms with Crippen molar-refractivity contribution in [3.05, 3.63) is 51.2 Å². The van der Waals surface area contributed by atoms with Crippen LogP contribution in [-0.4, -0.2) is 15.8 Å². The van der Waals surface area contributed by atoms with Gasteiger partial charge >= 0.3 is 0 Å². The van der Waals surface area contributed by atoms with Crippen LogP contribution in [0.3, 0.4) is 0 Å². The molecule has 108 valence electrons. The van der Waals surface area contributed by atoms with Crippen molar-refractivity contribution >= 4 is 28.8 Å². The van der Waals surface area contributed by atoms with E-state index in [-0.39, 0.29) is 11.5 Å². The zero-order valence-corrected chi connectivity index (χ0v) is 11.9. The summed E-state index contributed by atoms with van der Waals surface area (Å²) in [6.07, 6.45) is 1.98. The number of rotatable bonds is 2. The van der Waals surface area contributed by atoms with Gasteiger partial charge in [0.25, 0.3) is 5.69 Å². The number of nitrogens with one attached hydrogen (secondary N) is 2. The van der Waals surface area contributed by atoms with Gasteiger partial charge in [-0.15, -0.1) is 0 Å². The molecular weight excluding hydrogens is 290 g/mol. The van der Waals surface area contributed by atoms with E-state index in [4.69, 9.17) is 12.2 Å². The van der Waals surface area contributed by atoms with Crippen molar-refractivity contribution in [2.24, 2.45) is 0 Å². The maximum atomic E-state index is 12.2. The summed E-state index contributed by atoms with van der Waals surface area (Å²) in [5, 5.41) is 17.6. The van der Waals surface area contributed by atoms with Crippen molar-refractivity contribution in [1.29, 1.82) is 0 Å². The summed E-state index contributed by atoms with van der Waals surface area (Å²) >= 11 is 5.16. The molecule has 0 saturated carbocycles. The number of para-hydroxylation sites is 1. The van der Waals surface area contributed by atoms with Gasteiger partial charge in [-0.2, -0.15) is 0 Å². The number of nitro groups is 1. The van der Waals surface area contributed by atoms with Crippen LogP contribution in [0.25, 0.3) is 0 Å². The summed E-state index contributed by atoms with van der Waals surface area (Å²) in [5.41, 5.74) is 1.82. The van der Waals surface area contributed by atoms with E-state index in [2.05, 4.69) is 10.6 Å². The number of allylic oxidation sites excluding steroid dienone is 1. The molecule has 6 nitrogen and oxygen atoms in total. The molecule has 1 aromatic rings. The number of ketones is 1. The molecule has 0 radical (unpaired) electrons. The molecule has 0 bridgehead atoms. The third kappa shape index (κ3) is 2.40. The van der Waals surface area contributed by atoms with Crippen LogP contribution < -0.4 is 10.6 Å². The Balaban J connectivity index is 2.14. The highest BCUT2D eigenvalue weighted by Crippen LogP contribution is 2.36. The molecule has 0 aromatic heterocycles. The second kappa shape index (κ2) is 5.25. The van der Waals surface area contributed by atoms with Gasteiger partial charge in [0, 0.05) is 23.8 Å².